The number of likely N-dealkylation sites (tertiary alicyclic amines) is 1. The van der Waals surface area contributed by atoms with Crippen molar-refractivity contribution in [2.45, 2.75) is 32.2 Å². The van der Waals surface area contributed by atoms with Gasteiger partial charge in [0.1, 0.15) is 0 Å². The summed E-state index contributed by atoms with van der Waals surface area (Å²) in [5, 5.41) is 7.95. The van der Waals surface area contributed by atoms with Gasteiger partial charge in [0.05, 0.1) is 0 Å². The van der Waals surface area contributed by atoms with E-state index in [1.165, 1.54) is 38.9 Å². The molecule has 1 fully saturated rings. The van der Waals surface area contributed by atoms with E-state index in [0.29, 0.717) is 16.6 Å². The number of unbranched alkanes of at least 4 members (excludes halogenated alkanes) is 1. The molecule has 1 aromatic carbocycles. The van der Waals surface area contributed by atoms with Crippen molar-refractivity contribution in [3.8, 4) is 0 Å². The SMILES string of the molecule is CN=C(NCCCCN1CCCC1)NCc1ccc(Cl)cc1Cl.I. The lowest BCUT2D eigenvalue weighted by Crippen LogP contribution is -2.37. The minimum absolute atomic E-state index is 0. The molecule has 7 heteroatoms. The standard InChI is InChI=1S/C17H26Cl2N4.HI/c1-20-17(21-8-2-3-9-23-10-4-5-11-23)22-13-14-6-7-15(18)12-16(14)19;/h6-7,12H,2-5,8-11,13H2,1H3,(H2,20,21,22);1H. The normalized spacial score (nSPS) is 15.2. The van der Waals surface area contributed by atoms with Crippen LogP contribution in [0.3, 0.4) is 0 Å². The Hall–Kier alpha value is -0.240. The van der Waals surface area contributed by atoms with Gasteiger partial charge in [0.2, 0.25) is 0 Å². The second-order valence-corrected chi connectivity index (χ2v) is 6.69. The lowest BCUT2D eigenvalue weighted by atomic mass is 10.2. The molecule has 0 aromatic heterocycles. The van der Waals surface area contributed by atoms with Gasteiger partial charge in [-0.3, -0.25) is 4.99 Å². The molecule has 136 valence electrons. The highest BCUT2D eigenvalue weighted by Gasteiger charge is 2.10. The van der Waals surface area contributed by atoms with Crippen molar-refractivity contribution in [2.24, 2.45) is 4.99 Å². The minimum atomic E-state index is 0. The van der Waals surface area contributed by atoms with E-state index in [4.69, 9.17) is 23.2 Å². The Kier molecular flexibility index (Phi) is 11.1. The topological polar surface area (TPSA) is 39.7 Å². The number of guanidine groups is 1. The van der Waals surface area contributed by atoms with Gasteiger partial charge in [-0.25, -0.2) is 0 Å². The molecule has 1 aliphatic rings. The first-order valence-corrected chi connectivity index (χ1v) is 9.05. The molecule has 24 heavy (non-hydrogen) atoms. The number of hydrogen-bond acceptors (Lipinski definition) is 2. The third-order valence-electron chi connectivity index (χ3n) is 4.08. The van der Waals surface area contributed by atoms with Crippen LogP contribution in [0.15, 0.2) is 23.2 Å². The lowest BCUT2D eigenvalue weighted by Gasteiger charge is -2.15. The van der Waals surface area contributed by atoms with Crippen LogP contribution in [0.2, 0.25) is 10.0 Å². The fourth-order valence-electron chi connectivity index (χ4n) is 2.74. The summed E-state index contributed by atoms with van der Waals surface area (Å²) >= 11 is 12.1. The van der Waals surface area contributed by atoms with Crippen molar-refractivity contribution in [3.63, 3.8) is 0 Å². The van der Waals surface area contributed by atoms with Crippen LogP contribution in [-0.2, 0) is 6.54 Å². The van der Waals surface area contributed by atoms with E-state index in [2.05, 4.69) is 20.5 Å². The van der Waals surface area contributed by atoms with E-state index >= 15 is 0 Å². The molecule has 0 spiro atoms. The van der Waals surface area contributed by atoms with E-state index in [9.17, 15) is 0 Å². The maximum absolute atomic E-state index is 6.17. The van der Waals surface area contributed by atoms with Gasteiger partial charge in [0, 0.05) is 30.2 Å². The van der Waals surface area contributed by atoms with Gasteiger partial charge in [0.15, 0.2) is 5.96 Å². The number of nitrogens with zero attached hydrogens (tertiary/aromatic N) is 2. The highest BCUT2D eigenvalue weighted by Crippen LogP contribution is 2.20. The van der Waals surface area contributed by atoms with Crippen LogP contribution in [0.1, 0.15) is 31.2 Å². The zero-order chi connectivity index (χ0) is 16.5. The first kappa shape index (κ1) is 21.8. The van der Waals surface area contributed by atoms with Crippen molar-refractivity contribution in [2.75, 3.05) is 33.2 Å². The first-order valence-electron chi connectivity index (χ1n) is 8.30. The van der Waals surface area contributed by atoms with Crippen LogP contribution in [-0.4, -0.2) is 44.1 Å². The third-order valence-corrected chi connectivity index (χ3v) is 4.66. The van der Waals surface area contributed by atoms with E-state index in [0.717, 1.165) is 24.5 Å². The van der Waals surface area contributed by atoms with E-state index in [-0.39, 0.29) is 24.0 Å². The van der Waals surface area contributed by atoms with Crippen molar-refractivity contribution in [3.05, 3.63) is 33.8 Å². The number of benzene rings is 1. The molecule has 0 atom stereocenters. The molecule has 0 saturated carbocycles. The molecule has 0 radical (unpaired) electrons. The molecule has 0 aliphatic carbocycles. The Labute approximate surface area is 172 Å². The molecule has 2 N–H and O–H groups in total. The van der Waals surface area contributed by atoms with Crippen LogP contribution in [0, 0.1) is 0 Å². The van der Waals surface area contributed by atoms with Gasteiger partial charge in [-0.05, 0) is 63.0 Å². The quantitative estimate of drug-likeness (QED) is 0.264. The summed E-state index contributed by atoms with van der Waals surface area (Å²) in [5.74, 6) is 0.803. The lowest BCUT2D eigenvalue weighted by molar-refractivity contribution is 0.330. The van der Waals surface area contributed by atoms with Gasteiger partial charge in [0.25, 0.3) is 0 Å². The highest BCUT2D eigenvalue weighted by molar-refractivity contribution is 14.0. The average Bonchev–Trinajstić information content (AvgIpc) is 3.05. The highest BCUT2D eigenvalue weighted by atomic mass is 127. The summed E-state index contributed by atoms with van der Waals surface area (Å²) in [6.07, 6.45) is 5.11. The van der Waals surface area contributed by atoms with E-state index in [1.54, 1.807) is 13.1 Å². The molecule has 2 rings (SSSR count). The second kappa shape index (κ2) is 12.2. The fraction of sp³-hybridized carbons (Fsp3) is 0.588. The molecule has 4 nitrogen and oxygen atoms in total. The number of nitrogens with one attached hydrogen (secondary N) is 2. The molecule has 0 amide bonds. The van der Waals surface area contributed by atoms with E-state index < -0.39 is 0 Å². The molecule has 1 aliphatic heterocycles. The molecule has 0 bridgehead atoms. The average molecular weight is 485 g/mol. The fourth-order valence-corrected chi connectivity index (χ4v) is 3.21. The summed E-state index contributed by atoms with van der Waals surface area (Å²) in [5.41, 5.74) is 1.01. The van der Waals surface area contributed by atoms with Crippen LogP contribution in [0.5, 0.6) is 0 Å². The Morgan fingerprint density at radius 1 is 1.17 bits per heavy atom. The molecular formula is C17H27Cl2IN4. The smallest absolute Gasteiger partial charge is 0.191 e. The van der Waals surface area contributed by atoms with Gasteiger partial charge < -0.3 is 15.5 Å². The van der Waals surface area contributed by atoms with Crippen molar-refractivity contribution in [1.29, 1.82) is 0 Å². The maximum atomic E-state index is 6.17. The largest absolute Gasteiger partial charge is 0.356 e. The number of halogens is 3. The summed E-state index contributed by atoms with van der Waals surface area (Å²) in [6, 6.07) is 5.54. The zero-order valence-electron chi connectivity index (χ0n) is 14.2. The number of rotatable bonds is 7. The van der Waals surface area contributed by atoms with Gasteiger partial charge in [-0.1, -0.05) is 29.3 Å². The van der Waals surface area contributed by atoms with Gasteiger partial charge in [-0.15, -0.1) is 24.0 Å². The van der Waals surface area contributed by atoms with Gasteiger partial charge >= 0.3 is 0 Å². The van der Waals surface area contributed by atoms with Crippen LogP contribution < -0.4 is 10.6 Å². The molecule has 0 unspecified atom stereocenters. The molecule has 1 aromatic rings. The predicted molar refractivity (Wildman–Crippen MR) is 115 cm³/mol. The molecule has 1 saturated heterocycles. The van der Waals surface area contributed by atoms with Crippen molar-refractivity contribution >= 4 is 53.1 Å². The van der Waals surface area contributed by atoms with Crippen LogP contribution >= 0.6 is 47.2 Å². The van der Waals surface area contributed by atoms with Gasteiger partial charge in [-0.2, -0.15) is 0 Å². The monoisotopic (exact) mass is 484 g/mol. The minimum Gasteiger partial charge on any atom is -0.356 e. The summed E-state index contributed by atoms with van der Waals surface area (Å²) in [7, 11) is 1.78. The number of hydrogen-bond donors (Lipinski definition) is 2. The Balaban J connectivity index is 0.00000288. The third kappa shape index (κ3) is 7.76. The molecule has 1 heterocycles. The zero-order valence-corrected chi connectivity index (χ0v) is 18.0. The van der Waals surface area contributed by atoms with Crippen LogP contribution in [0.4, 0.5) is 0 Å². The van der Waals surface area contributed by atoms with Crippen molar-refractivity contribution < 1.29 is 0 Å². The Morgan fingerprint density at radius 2 is 1.92 bits per heavy atom. The molecular weight excluding hydrogens is 458 g/mol. The number of aliphatic imine (C=N–C) groups is 1. The van der Waals surface area contributed by atoms with E-state index in [1.807, 2.05) is 12.1 Å². The summed E-state index contributed by atoms with van der Waals surface area (Å²) < 4.78 is 0. The summed E-state index contributed by atoms with van der Waals surface area (Å²) in [4.78, 5) is 6.79. The maximum Gasteiger partial charge on any atom is 0.191 e. The van der Waals surface area contributed by atoms with Crippen LogP contribution in [0.25, 0.3) is 0 Å². The Morgan fingerprint density at radius 3 is 2.58 bits per heavy atom. The summed E-state index contributed by atoms with van der Waals surface area (Å²) in [6.45, 7) is 5.33. The predicted octanol–water partition coefficient (Wildman–Crippen LogP) is 4.15. The Bertz CT molecular complexity index is 519. The second-order valence-electron chi connectivity index (χ2n) is 5.84. The first-order chi connectivity index (χ1) is 11.2. The van der Waals surface area contributed by atoms with Crippen molar-refractivity contribution in [1.82, 2.24) is 15.5 Å².